The Bertz CT molecular complexity index is 1330. The molecule has 3 aromatic rings. The number of methoxy groups -OCH3 is 1. The van der Waals surface area contributed by atoms with Crippen LogP contribution >= 0.6 is 0 Å². The fourth-order valence-corrected chi connectivity index (χ4v) is 4.32. The molecule has 3 rings (SSSR count). The summed E-state index contributed by atoms with van der Waals surface area (Å²) in [6.07, 6.45) is 0. The van der Waals surface area contributed by atoms with Crippen molar-refractivity contribution in [1.82, 2.24) is 4.31 Å². The molecule has 0 saturated carbocycles. The van der Waals surface area contributed by atoms with Crippen LogP contribution < -0.4 is 14.8 Å². The molecule has 182 valence electrons. The van der Waals surface area contributed by atoms with E-state index in [1.807, 2.05) is 0 Å². The van der Waals surface area contributed by atoms with E-state index in [4.69, 9.17) is 18.6 Å². The van der Waals surface area contributed by atoms with Crippen LogP contribution in [0.15, 0.2) is 45.7 Å². The number of benzene rings is 2. The fraction of sp³-hybridized carbons (Fsp3) is 0.304. The number of anilines is 1. The summed E-state index contributed by atoms with van der Waals surface area (Å²) in [7, 11) is 0.379. The van der Waals surface area contributed by atoms with Gasteiger partial charge in [-0.2, -0.15) is 0 Å². The molecule has 10 nitrogen and oxygen atoms in total. The van der Waals surface area contributed by atoms with Gasteiger partial charge in [0.1, 0.15) is 33.3 Å². The van der Waals surface area contributed by atoms with Gasteiger partial charge in [-0.3, -0.25) is 4.79 Å². The van der Waals surface area contributed by atoms with Crippen LogP contribution in [0.5, 0.6) is 11.5 Å². The molecule has 34 heavy (non-hydrogen) atoms. The van der Waals surface area contributed by atoms with Gasteiger partial charge in [0, 0.05) is 25.2 Å². The van der Waals surface area contributed by atoms with Gasteiger partial charge in [-0.25, -0.2) is 17.5 Å². The summed E-state index contributed by atoms with van der Waals surface area (Å²) in [6.45, 7) is 3.26. The number of sulfonamides is 1. The van der Waals surface area contributed by atoms with Crippen molar-refractivity contribution >= 4 is 38.6 Å². The van der Waals surface area contributed by atoms with Crippen molar-refractivity contribution in [1.29, 1.82) is 0 Å². The van der Waals surface area contributed by atoms with Crippen molar-refractivity contribution in [3.05, 3.63) is 47.7 Å². The Morgan fingerprint density at radius 1 is 1.12 bits per heavy atom. The lowest BCUT2D eigenvalue weighted by atomic mass is 10.1. The largest absolute Gasteiger partial charge is 0.495 e. The van der Waals surface area contributed by atoms with Crippen molar-refractivity contribution in [2.75, 3.05) is 39.7 Å². The minimum absolute atomic E-state index is 0.0778. The van der Waals surface area contributed by atoms with Crippen LogP contribution in [-0.2, 0) is 19.6 Å². The Labute approximate surface area is 197 Å². The molecule has 0 fully saturated rings. The van der Waals surface area contributed by atoms with Gasteiger partial charge in [-0.15, -0.1) is 0 Å². The van der Waals surface area contributed by atoms with Gasteiger partial charge in [0.25, 0.3) is 5.91 Å². The second-order valence-electron chi connectivity index (χ2n) is 7.40. The van der Waals surface area contributed by atoms with Crippen molar-refractivity contribution < 1.29 is 36.6 Å². The van der Waals surface area contributed by atoms with Crippen LogP contribution in [0.3, 0.4) is 0 Å². The van der Waals surface area contributed by atoms with Gasteiger partial charge < -0.3 is 23.9 Å². The van der Waals surface area contributed by atoms with Crippen molar-refractivity contribution in [3.63, 3.8) is 0 Å². The highest BCUT2D eigenvalue weighted by Gasteiger charge is 2.23. The van der Waals surface area contributed by atoms with E-state index in [0.717, 1.165) is 4.31 Å². The maximum absolute atomic E-state index is 12.6. The van der Waals surface area contributed by atoms with E-state index in [1.165, 1.54) is 39.4 Å². The van der Waals surface area contributed by atoms with E-state index < -0.39 is 21.9 Å². The molecule has 0 aliphatic heterocycles. The Hall–Kier alpha value is -3.57. The number of hydrogen-bond donors (Lipinski definition) is 1. The van der Waals surface area contributed by atoms with Crippen LogP contribution in [-0.4, -0.2) is 59.0 Å². The summed E-state index contributed by atoms with van der Waals surface area (Å²) in [5.41, 5.74) is 1.06. The maximum atomic E-state index is 12.6. The fourth-order valence-electron chi connectivity index (χ4n) is 3.24. The number of esters is 1. The summed E-state index contributed by atoms with van der Waals surface area (Å²) in [5, 5.41) is 3.12. The molecule has 1 heterocycles. The zero-order valence-corrected chi connectivity index (χ0v) is 20.3. The van der Waals surface area contributed by atoms with Crippen LogP contribution in [0, 0.1) is 6.92 Å². The van der Waals surface area contributed by atoms with Crippen LogP contribution in [0.2, 0.25) is 0 Å². The maximum Gasteiger partial charge on any atom is 0.342 e. The predicted octanol–water partition coefficient (Wildman–Crippen LogP) is 3.19. The average Bonchev–Trinajstić information content (AvgIpc) is 3.12. The first-order chi connectivity index (χ1) is 16.1. The molecule has 0 atom stereocenters. The number of amides is 1. The van der Waals surface area contributed by atoms with Crippen molar-refractivity contribution in [2.45, 2.75) is 18.7 Å². The smallest absolute Gasteiger partial charge is 0.342 e. The van der Waals surface area contributed by atoms with Gasteiger partial charge in [0.05, 0.1) is 13.7 Å². The van der Waals surface area contributed by atoms with E-state index in [9.17, 15) is 18.0 Å². The molecule has 2 aromatic carbocycles. The zero-order chi connectivity index (χ0) is 25.0. The van der Waals surface area contributed by atoms with Gasteiger partial charge in [0.2, 0.25) is 10.0 Å². The van der Waals surface area contributed by atoms with Crippen molar-refractivity contribution in [2.24, 2.45) is 0 Å². The van der Waals surface area contributed by atoms with Gasteiger partial charge >= 0.3 is 5.97 Å². The quantitative estimate of drug-likeness (QED) is 0.454. The standard InChI is InChI=1S/C23H26N2O8S/c1-6-31-23(27)22-14(2)33-18-10-8-16(12-17(18)22)32-13-21(26)24-15-7-9-19(30-5)20(11-15)34(28,29)25(3)4/h7-12H,6,13H2,1-5H3,(H,24,26). The molecule has 0 spiro atoms. The Morgan fingerprint density at radius 3 is 2.50 bits per heavy atom. The molecule has 0 aliphatic rings. The number of carbonyl (C=O) groups is 2. The van der Waals surface area contributed by atoms with Crippen LogP contribution in [0.4, 0.5) is 5.69 Å². The number of nitrogens with one attached hydrogen (secondary N) is 1. The number of carbonyl (C=O) groups excluding carboxylic acids is 2. The molecule has 0 unspecified atom stereocenters. The third-order valence-electron chi connectivity index (χ3n) is 4.89. The molecule has 1 aromatic heterocycles. The number of ether oxygens (including phenoxy) is 3. The highest BCUT2D eigenvalue weighted by atomic mass is 32.2. The highest BCUT2D eigenvalue weighted by Crippen LogP contribution is 2.30. The minimum atomic E-state index is -3.79. The Balaban J connectivity index is 1.75. The summed E-state index contributed by atoms with van der Waals surface area (Å²) in [6, 6.07) is 9.15. The monoisotopic (exact) mass is 490 g/mol. The predicted molar refractivity (Wildman–Crippen MR) is 125 cm³/mol. The first kappa shape index (κ1) is 25.1. The normalized spacial score (nSPS) is 11.5. The van der Waals surface area contributed by atoms with E-state index in [2.05, 4.69) is 5.32 Å². The summed E-state index contributed by atoms with van der Waals surface area (Å²) < 4.78 is 47.6. The third-order valence-corrected chi connectivity index (χ3v) is 6.73. The zero-order valence-electron chi connectivity index (χ0n) is 19.5. The summed E-state index contributed by atoms with van der Waals surface area (Å²) in [5.74, 6) is -0.0842. The Kier molecular flexibility index (Phi) is 7.48. The lowest BCUT2D eigenvalue weighted by molar-refractivity contribution is -0.118. The second kappa shape index (κ2) is 10.1. The molecule has 0 aliphatic carbocycles. The van der Waals surface area contributed by atoms with E-state index in [-0.39, 0.29) is 29.5 Å². The molecular formula is C23H26N2O8S. The average molecular weight is 491 g/mol. The van der Waals surface area contributed by atoms with E-state index in [0.29, 0.717) is 28.0 Å². The Morgan fingerprint density at radius 2 is 1.85 bits per heavy atom. The van der Waals surface area contributed by atoms with Gasteiger partial charge in [0.15, 0.2) is 6.61 Å². The lowest BCUT2D eigenvalue weighted by Gasteiger charge is -2.16. The summed E-state index contributed by atoms with van der Waals surface area (Å²) >= 11 is 0. The van der Waals surface area contributed by atoms with Gasteiger partial charge in [-0.05, 0) is 50.2 Å². The first-order valence-electron chi connectivity index (χ1n) is 10.3. The lowest BCUT2D eigenvalue weighted by Crippen LogP contribution is -2.24. The summed E-state index contributed by atoms with van der Waals surface area (Å²) in [4.78, 5) is 24.6. The van der Waals surface area contributed by atoms with Gasteiger partial charge in [-0.1, -0.05) is 0 Å². The number of rotatable bonds is 9. The van der Waals surface area contributed by atoms with E-state index in [1.54, 1.807) is 32.0 Å². The molecule has 11 heteroatoms. The van der Waals surface area contributed by atoms with Crippen LogP contribution in [0.1, 0.15) is 23.0 Å². The number of fused-ring (bicyclic) bond motifs is 1. The van der Waals surface area contributed by atoms with Crippen LogP contribution in [0.25, 0.3) is 11.0 Å². The molecule has 0 saturated heterocycles. The molecule has 1 amide bonds. The highest BCUT2D eigenvalue weighted by molar-refractivity contribution is 7.89. The molecule has 1 N–H and O–H groups in total. The second-order valence-corrected chi connectivity index (χ2v) is 9.52. The molecular weight excluding hydrogens is 464 g/mol. The van der Waals surface area contributed by atoms with Crippen molar-refractivity contribution in [3.8, 4) is 11.5 Å². The minimum Gasteiger partial charge on any atom is -0.495 e. The first-order valence-corrected chi connectivity index (χ1v) is 11.8. The van der Waals surface area contributed by atoms with E-state index >= 15 is 0 Å². The SMILES string of the molecule is CCOC(=O)c1c(C)oc2ccc(OCC(=O)Nc3ccc(OC)c(S(=O)(=O)N(C)C)c3)cc12. The number of aryl methyl sites for hydroxylation is 1. The number of nitrogens with zero attached hydrogens (tertiary/aromatic N) is 1. The molecule has 0 radical (unpaired) electrons. The molecule has 0 bridgehead atoms. The topological polar surface area (TPSA) is 124 Å². The number of furan rings is 1. The number of hydrogen-bond acceptors (Lipinski definition) is 8. The third kappa shape index (κ3) is 5.15.